The quantitative estimate of drug-likeness (QED) is 0.615. The molecule has 64 valence electrons. The van der Waals surface area contributed by atoms with Gasteiger partial charge in [-0.05, 0) is 0 Å². The molecule has 0 heterocycles. The van der Waals surface area contributed by atoms with Crippen LogP contribution in [0.15, 0.2) is 0 Å². The SMILES string of the molecule is O=[P+](O)OS(=O)(=O)O[P+](=O)O. The van der Waals surface area contributed by atoms with E-state index in [0.29, 0.717) is 0 Å². The van der Waals surface area contributed by atoms with Crippen LogP contribution in [-0.2, 0) is 27.5 Å². The number of hydrogen-bond acceptors (Lipinski definition) is 6. The second-order valence-electron chi connectivity index (χ2n) is 1.03. The molecule has 0 saturated heterocycles. The van der Waals surface area contributed by atoms with Gasteiger partial charge in [0.1, 0.15) is 0 Å². The van der Waals surface area contributed by atoms with Crippen molar-refractivity contribution in [2.24, 2.45) is 0 Å². The van der Waals surface area contributed by atoms with Gasteiger partial charge in [-0.2, -0.15) is 8.42 Å². The Morgan fingerprint density at radius 2 is 1.27 bits per heavy atom. The summed E-state index contributed by atoms with van der Waals surface area (Å²) >= 11 is 0. The van der Waals surface area contributed by atoms with Crippen molar-refractivity contribution >= 4 is 26.9 Å². The van der Waals surface area contributed by atoms with E-state index >= 15 is 0 Å². The third-order valence-electron chi connectivity index (χ3n) is 0.310. The molecule has 0 aromatic heterocycles. The summed E-state index contributed by atoms with van der Waals surface area (Å²) in [6, 6.07) is 0. The van der Waals surface area contributed by atoms with Crippen molar-refractivity contribution in [1.29, 1.82) is 0 Å². The van der Waals surface area contributed by atoms with Crippen LogP contribution < -0.4 is 0 Å². The summed E-state index contributed by atoms with van der Waals surface area (Å²) < 4.78 is 46.1. The minimum Gasteiger partial charge on any atom is -0.162 e. The monoisotopic (exact) mass is 224 g/mol. The number of hydrogen-bond donors (Lipinski definition) is 2. The average Bonchev–Trinajstić information content (AvgIpc) is 1.53. The van der Waals surface area contributed by atoms with Crippen LogP contribution in [0.2, 0.25) is 0 Å². The highest BCUT2D eigenvalue weighted by Crippen LogP contribution is 2.26. The topological polar surface area (TPSA) is 127 Å². The van der Waals surface area contributed by atoms with Crippen molar-refractivity contribution in [2.75, 3.05) is 0 Å². The molecule has 0 saturated carbocycles. The summed E-state index contributed by atoms with van der Waals surface area (Å²) in [5.41, 5.74) is 0. The second-order valence-corrected chi connectivity index (χ2v) is 3.99. The molecule has 0 aromatic rings. The molecule has 0 aliphatic heterocycles. The maximum Gasteiger partial charge on any atom is 0.714 e. The molecule has 11 heteroatoms. The zero-order chi connectivity index (χ0) is 9.07. The summed E-state index contributed by atoms with van der Waals surface area (Å²) in [4.78, 5) is 15.7. The van der Waals surface area contributed by atoms with Crippen molar-refractivity contribution in [1.82, 2.24) is 0 Å². The molecular formula is H2O8P2S+2. The lowest BCUT2D eigenvalue weighted by Crippen LogP contribution is -2.00. The number of rotatable bonds is 4. The largest absolute Gasteiger partial charge is 0.714 e. The Labute approximate surface area is 63.0 Å². The van der Waals surface area contributed by atoms with Gasteiger partial charge in [0.2, 0.25) is 0 Å². The molecule has 0 radical (unpaired) electrons. The van der Waals surface area contributed by atoms with Crippen LogP contribution in [0.3, 0.4) is 0 Å². The van der Waals surface area contributed by atoms with Crippen molar-refractivity contribution in [3.63, 3.8) is 0 Å². The summed E-state index contributed by atoms with van der Waals surface area (Å²) in [6.45, 7) is 0. The van der Waals surface area contributed by atoms with Crippen LogP contribution in [0, 0.1) is 0 Å². The van der Waals surface area contributed by atoms with Crippen molar-refractivity contribution < 1.29 is 35.3 Å². The van der Waals surface area contributed by atoms with Gasteiger partial charge >= 0.3 is 26.9 Å². The fourth-order valence-corrected chi connectivity index (χ4v) is 1.77. The van der Waals surface area contributed by atoms with Gasteiger partial charge < -0.3 is 0 Å². The maximum absolute atomic E-state index is 10.1. The van der Waals surface area contributed by atoms with E-state index in [9.17, 15) is 17.5 Å². The lowest BCUT2D eigenvalue weighted by Gasteiger charge is -1.78. The lowest BCUT2D eigenvalue weighted by molar-refractivity contribution is 0.344. The van der Waals surface area contributed by atoms with Crippen LogP contribution in [-0.4, -0.2) is 18.2 Å². The Kier molecular flexibility index (Phi) is 4.12. The van der Waals surface area contributed by atoms with Crippen molar-refractivity contribution in [3.05, 3.63) is 0 Å². The van der Waals surface area contributed by atoms with E-state index in [0.717, 1.165) is 0 Å². The molecule has 0 rings (SSSR count). The van der Waals surface area contributed by atoms with Gasteiger partial charge in [-0.3, -0.25) is 0 Å². The summed E-state index contributed by atoms with van der Waals surface area (Å²) in [7, 11) is -11.7. The lowest BCUT2D eigenvalue weighted by atomic mass is 15.7. The molecule has 2 atom stereocenters. The maximum atomic E-state index is 10.1. The van der Waals surface area contributed by atoms with Crippen LogP contribution in [0.4, 0.5) is 0 Å². The van der Waals surface area contributed by atoms with Crippen LogP contribution in [0.5, 0.6) is 0 Å². The third kappa shape index (κ3) is 6.39. The zero-order valence-electron chi connectivity index (χ0n) is 4.65. The highest BCUT2D eigenvalue weighted by atomic mass is 32.3. The normalized spacial score (nSPS) is 14.4. The molecule has 0 aromatic carbocycles. The third-order valence-corrected chi connectivity index (χ3v) is 2.79. The minimum atomic E-state index is -4.85. The van der Waals surface area contributed by atoms with Crippen LogP contribution in [0.1, 0.15) is 0 Å². The summed E-state index contributed by atoms with van der Waals surface area (Å²) in [5, 5.41) is 0. The first-order chi connectivity index (χ1) is 4.83. The van der Waals surface area contributed by atoms with Crippen molar-refractivity contribution in [2.45, 2.75) is 0 Å². The Hall–Kier alpha value is -0.0100. The van der Waals surface area contributed by atoms with Gasteiger partial charge in [-0.1, -0.05) is 0 Å². The van der Waals surface area contributed by atoms with Gasteiger partial charge in [0, 0.05) is 17.1 Å². The molecule has 0 fully saturated rings. The van der Waals surface area contributed by atoms with Gasteiger partial charge in [-0.25, -0.2) is 0 Å². The van der Waals surface area contributed by atoms with E-state index in [1.54, 1.807) is 0 Å². The standard InChI is InChI=1S/O8P2S/c1-9(2)7-11(5,6)8-10(3)4/p+2. The van der Waals surface area contributed by atoms with E-state index in [-0.39, 0.29) is 0 Å². The highest BCUT2D eigenvalue weighted by Gasteiger charge is 2.37. The Bertz CT molecular complexity index is 238. The molecule has 2 unspecified atom stereocenters. The first-order valence-electron chi connectivity index (χ1n) is 1.80. The fraction of sp³-hybridized carbons (Fsp3) is 0. The first-order valence-corrected chi connectivity index (χ1v) is 5.39. The zero-order valence-corrected chi connectivity index (χ0v) is 7.25. The summed E-state index contributed by atoms with van der Waals surface area (Å²) in [6.07, 6.45) is 0. The van der Waals surface area contributed by atoms with E-state index < -0.39 is 26.9 Å². The van der Waals surface area contributed by atoms with E-state index in [4.69, 9.17) is 9.79 Å². The minimum absolute atomic E-state index is 3.22. The Morgan fingerprint density at radius 1 is 1.00 bits per heavy atom. The highest BCUT2D eigenvalue weighted by molar-refractivity contribution is 7.88. The van der Waals surface area contributed by atoms with E-state index in [1.165, 1.54) is 0 Å². The predicted molar refractivity (Wildman–Crippen MR) is 30.7 cm³/mol. The van der Waals surface area contributed by atoms with E-state index in [2.05, 4.69) is 7.94 Å². The molecular weight excluding hydrogens is 222 g/mol. The van der Waals surface area contributed by atoms with Crippen molar-refractivity contribution in [3.8, 4) is 0 Å². The van der Waals surface area contributed by atoms with Crippen LogP contribution in [0.25, 0.3) is 0 Å². The average molecular weight is 224 g/mol. The summed E-state index contributed by atoms with van der Waals surface area (Å²) in [5.74, 6) is 0. The Morgan fingerprint density at radius 3 is 1.45 bits per heavy atom. The van der Waals surface area contributed by atoms with Crippen LogP contribution >= 0.6 is 16.5 Å². The van der Waals surface area contributed by atoms with E-state index in [1.807, 2.05) is 0 Å². The molecule has 2 N–H and O–H groups in total. The van der Waals surface area contributed by atoms with Gasteiger partial charge in [0.25, 0.3) is 0 Å². The van der Waals surface area contributed by atoms with Gasteiger partial charge in [0.05, 0.1) is 0 Å². The molecule has 0 bridgehead atoms. The smallest absolute Gasteiger partial charge is 0.162 e. The molecule has 8 nitrogen and oxygen atoms in total. The Balaban J connectivity index is 4.25. The van der Waals surface area contributed by atoms with Gasteiger partial charge in [-0.15, -0.1) is 9.79 Å². The predicted octanol–water partition coefficient (Wildman–Crippen LogP) is -0.436. The first kappa shape index (κ1) is 11.0. The van der Waals surface area contributed by atoms with Gasteiger partial charge in [0.15, 0.2) is 0 Å². The molecule has 0 aliphatic carbocycles. The molecule has 0 amide bonds. The molecule has 0 spiro atoms. The second kappa shape index (κ2) is 4.13. The molecule has 0 aliphatic rings. The molecule has 11 heavy (non-hydrogen) atoms. The fourth-order valence-electron chi connectivity index (χ4n) is 0.170.